The first-order chi connectivity index (χ1) is 9.06. The van der Waals surface area contributed by atoms with Crippen LogP contribution in [0.25, 0.3) is 0 Å². The van der Waals surface area contributed by atoms with Gasteiger partial charge in [-0.3, -0.25) is 0 Å². The molecule has 0 amide bonds. The molecule has 0 aromatic heterocycles. The Morgan fingerprint density at radius 2 is 1.58 bits per heavy atom. The Labute approximate surface area is 121 Å². The summed E-state index contributed by atoms with van der Waals surface area (Å²) in [6.07, 6.45) is 0.0492. The third-order valence-corrected chi connectivity index (χ3v) is 3.61. The topological polar surface area (TPSA) is 20.2 Å². The monoisotopic (exact) mass is 298 g/mol. The number of aliphatic hydroxyl groups is 1. The Kier molecular flexibility index (Phi) is 4.81. The van der Waals surface area contributed by atoms with Crippen molar-refractivity contribution in [3.63, 3.8) is 0 Å². The van der Waals surface area contributed by atoms with E-state index in [9.17, 15) is 9.50 Å². The molecule has 0 bridgehead atoms. The van der Waals surface area contributed by atoms with E-state index in [1.807, 2.05) is 18.2 Å². The summed E-state index contributed by atoms with van der Waals surface area (Å²) in [5.74, 6) is -0.357. The Morgan fingerprint density at radius 3 is 2.32 bits per heavy atom. The lowest BCUT2D eigenvalue weighted by Crippen LogP contribution is -2.14. The lowest BCUT2D eigenvalue weighted by molar-refractivity contribution is 0.175. The van der Waals surface area contributed by atoms with Gasteiger partial charge in [0, 0.05) is 22.9 Å². The number of hydrogen-bond donors (Lipinski definition) is 1. The average Bonchev–Trinajstić information content (AvgIpc) is 2.37. The van der Waals surface area contributed by atoms with E-state index in [4.69, 9.17) is 23.2 Å². The zero-order chi connectivity index (χ0) is 13.8. The van der Waals surface area contributed by atoms with Crippen LogP contribution in [0.5, 0.6) is 0 Å². The van der Waals surface area contributed by atoms with Crippen LogP contribution in [0.15, 0.2) is 42.5 Å². The lowest BCUT2D eigenvalue weighted by atomic mass is 10.0. The summed E-state index contributed by atoms with van der Waals surface area (Å²) < 4.78 is 13.1. The minimum absolute atomic E-state index is 0.293. The molecular weight excluding hydrogens is 286 g/mol. The molecule has 0 aliphatic heterocycles. The normalized spacial score (nSPS) is 12.4. The summed E-state index contributed by atoms with van der Waals surface area (Å²) >= 11 is 12.0. The predicted molar refractivity (Wildman–Crippen MR) is 76.3 cm³/mol. The van der Waals surface area contributed by atoms with Crippen molar-refractivity contribution in [3.8, 4) is 0 Å². The van der Waals surface area contributed by atoms with Crippen molar-refractivity contribution in [1.82, 2.24) is 0 Å². The zero-order valence-electron chi connectivity index (χ0n) is 10.1. The first-order valence-corrected chi connectivity index (χ1v) is 6.67. The molecule has 1 unspecified atom stereocenters. The van der Waals surface area contributed by atoms with Gasteiger partial charge in [-0.15, -0.1) is 0 Å². The van der Waals surface area contributed by atoms with Gasteiger partial charge in [-0.1, -0.05) is 41.4 Å². The summed E-state index contributed by atoms with van der Waals surface area (Å²) in [5, 5.41) is 11.1. The molecule has 1 N–H and O–H groups in total. The summed E-state index contributed by atoms with van der Waals surface area (Å²) in [5.41, 5.74) is 1.46. The zero-order valence-corrected chi connectivity index (χ0v) is 11.6. The largest absolute Gasteiger partial charge is 0.392 e. The minimum Gasteiger partial charge on any atom is -0.392 e. The van der Waals surface area contributed by atoms with Gasteiger partial charge in [-0.25, -0.2) is 4.39 Å². The molecule has 0 saturated carbocycles. The molecular formula is C15H13Cl2FO. The van der Waals surface area contributed by atoms with Gasteiger partial charge in [0.2, 0.25) is 0 Å². The number of halogens is 3. The number of aliphatic hydroxyl groups excluding tert-OH is 1. The van der Waals surface area contributed by atoms with Gasteiger partial charge < -0.3 is 5.11 Å². The van der Waals surface area contributed by atoms with Crippen molar-refractivity contribution in [2.24, 2.45) is 0 Å². The van der Waals surface area contributed by atoms with E-state index >= 15 is 0 Å². The fraction of sp³-hybridized carbons (Fsp3) is 0.200. The summed E-state index contributed by atoms with van der Waals surface area (Å²) in [7, 11) is 0. The first kappa shape index (κ1) is 14.3. The highest BCUT2D eigenvalue weighted by Gasteiger charge is 2.12. The highest BCUT2D eigenvalue weighted by atomic mass is 35.5. The first-order valence-electron chi connectivity index (χ1n) is 5.91. The highest BCUT2D eigenvalue weighted by Crippen LogP contribution is 2.21. The van der Waals surface area contributed by atoms with Gasteiger partial charge in [0.25, 0.3) is 0 Å². The van der Waals surface area contributed by atoms with E-state index in [-0.39, 0.29) is 5.82 Å². The fourth-order valence-corrected chi connectivity index (χ4v) is 2.35. The Bertz CT molecular complexity index is 572. The fourth-order valence-electron chi connectivity index (χ4n) is 1.94. The maximum absolute atomic E-state index is 13.1. The van der Waals surface area contributed by atoms with Gasteiger partial charge in [0.15, 0.2) is 0 Å². The molecule has 2 aromatic rings. The number of hydrogen-bond acceptors (Lipinski definition) is 1. The third-order valence-electron chi connectivity index (χ3n) is 2.88. The molecule has 1 nitrogen and oxygen atoms in total. The molecule has 0 aliphatic rings. The van der Waals surface area contributed by atoms with Crippen molar-refractivity contribution in [2.75, 3.05) is 0 Å². The number of rotatable bonds is 4. The van der Waals surface area contributed by atoms with Gasteiger partial charge in [-0.2, -0.15) is 0 Å². The van der Waals surface area contributed by atoms with Crippen LogP contribution in [0.3, 0.4) is 0 Å². The molecule has 0 aliphatic carbocycles. The number of benzene rings is 2. The molecule has 0 heterocycles. The van der Waals surface area contributed by atoms with Crippen LogP contribution in [0, 0.1) is 5.82 Å². The Morgan fingerprint density at radius 1 is 0.947 bits per heavy atom. The molecule has 2 aromatic carbocycles. The highest BCUT2D eigenvalue weighted by molar-refractivity contribution is 6.31. The van der Waals surface area contributed by atoms with Crippen molar-refractivity contribution >= 4 is 23.2 Å². The predicted octanol–water partition coefficient (Wildman–Crippen LogP) is 4.28. The maximum atomic E-state index is 13.1. The maximum Gasteiger partial charge on any atom is 0.123 e. The van der Waals surface area contributed by atoms with E-state index in [0.717, 1.165) is 5.56 Å². The van der Waals surface area contributed by atoms with Crippen molar-refractivity contribution < 1.29 is 9.50 Å². The molecule has 0 saturated heterocycles. The van der Waals surface area contributed by atoms with Gasteiger partial charge in [-0.05, 0) is 35.4 Å². The molecule has 0 fully saturated rings. The molecule has 4 heteroatoms. The third kappa shape index (κ3) is 3.93. The van der Waals surface area contributed by atoms with Gasteiger partial charge >= 0.3 is 0 Å². The van der Waals surface area contributed by atoms with E-state index in [0.29, 0.717) is 28.5 Å². The molecule has 0 radical (unpaired) electrons. The smallest absolute Gasteiger partial charge is 0.123 e. The van der Waals surface area contributed by atoms with Gasteiger partial charge in [0.1, 0.15) is 5.82 Å². The van der Waals surface area contributed by atoms with E-state index in [1.165, 1.54) is 18.2 Å². The molecule has 0 spiro atoms. The van der Waals surface area contributed by atoms with Crippen molar-refractivity contribution in [3.05, 3.63) is 69.5 Å². The van der Waals surface area contributed by atoms with E-state index in [2.05, 4.69) is 0 Å². The lowest BCUT2D eigenvalue weighted by Gasteiger charge is -2.13. The van der Waals surface area contributed by atoms with Crippen LogP contribution in [-0.2, 0) is 12.8 Å². The van der Waals surface area contributed by atoms with E-state index in [1.54, 1.807) is 6.07 Å². The standard InChI is InChI=1S/C15H13Cl2FO/c16-14-4-2-1-3-10(14)8-13(19)9-11-7-12(18)5-6-15(11)17/h1-7,13,19H,8-9H2. The Hall–Kier alpha value is -1.09. The molecule has 1 atom stereocenters. The molecule has 2 rings (SSSR count). The summed E-state index contributed by atoms with van der Waals surface area (Å²) in [6, 6.07) is 11.5. The molecule has 19 heavy (non-hydrogen) atoms. The van der Waals surface area contributed by atoms with Crippen molar-refractivity contribution in [2.45, 2.75) is 18.9 Å². The van der Waals surface area contributed by atoms with Crippen molar-refractivity contribution in [1.29, 1.82) is 0 Å². The second kappa shape index (κ2) is 6.38. The molecule has 100 valence electrons. The van der Waals surface area contributed by atoms with Crippen LogP contribution in [0.1, 0.15) is 11.1 Å². The van der Waals surface area contributed by atoms with Crippen LogP contribution >= 0.6 is 23.2 Å². The summed E-state index contributed by atoms with van der Waals surface area (Å²) in [4.78, 5) is 0. The Balaban J connectivity index is 2.07. The minimum atomic E-state index is -0.654. The second-order valence-electron chi connectivity index (χ2n) is 4.39. The van der Waals surface area contributed by atoms with Gasteiger partial charge in [0.05, 0.1) is 6.10 Å². The van der Waals surface area contributed by atoms with Crippen LogP contribution < -0.4 is 0 Å². The summed E-state index contributed by atoms with van der Waals surface area (Å²) in [6.45, 7) is 0. The van der Waals surface area contributed by atoms with Crippen LogP contribution in [0.4, 0.5) is 4.39 Å². The van der Waals surface area contributed by atoms with E-state index < -0.39 is 6.10 Å². The van der Waals surface area contributed by atoms with Crippen LogP contribution in [-0.4, -0.2) is 11.2 Å². The average molecular weight is 299 g/mol. The quantitative estimate of drug-likeness (QED) is 0.893. The second-order valence-corrected chi connectivity index (χ2v) is 5.20. The SMILES string of the molecule is OC(Cc1ccccc1Cl)Cc1cc(F)ccc1Cl. The van der Waals surface area contributed by atoms with Crippen LogP contribution in [0.2, 0.25) is 10.0 Å².